The monoisotopic (exact) mass is 479 g/mol. The SMILES string of the molecule is CCC(=O)Nc1ccc(C(=O)NCCNS(=O)(=O)c2cc([N+](=O)[O-])c(C)c([N+](=O)[O-])c2)cc1. The molecule has 0 spiro atoms. The lowest BCUT2D eigenvalue weighted by atomic mass is 10.1. The van der Waals surface area contributed by atoms with Crippen LogP contribution in [0.1, 0.15) is 29.3 Å². The minimum Gasteiger partial charge on any atom is -0.351 e. The maximum atomic E-state index is 12.5. The Bertz CT molecular complexity index is 1160. The van der Waals surface area contributed by atoms with Crippen molar-refractivity contribution >= 4 is 38.9 Å². The Morgan fingerprint density at radius 2 is 1.52 bits per heavy atom. The Morgan fingerprint density at radius 1 is 0.970 bits per heavy atom. The molecule has 2 amide bonds. The zero-order chi connectivity index (χ0) is 24.8. The second kappa shape index (κ2) is 10.6. The van der Waals surface area contributed by atoms with E-state index in [2.05, 4.69) is 15.4 Å². The largest absolute Gasteiger partial charge is 0.351 e. The van der Waals surface area contributed by atoms with Crippen molar-refractivity contribution in [1.82, 2.24) is 10.0 Å². The Morgan fingerprint density at radius 3 is 2.00 bits per heavy atom. The van der Waals surface area contributed by atoms with Crippen LogP contribution in [0.25, 0.3) is 0 Å². The number of nitro groups is 2. The molecule has 0 heterocycles. The maximum absolute atomic E-state index is 12.5. The highest BCUT2D eigenvalue weighted by Gasteiger charge is 2.27. The van der Waals surface area contributed by atoms with Gasteiger partial charge in [0, 0.05) is 42.9 Å². The summed E-state index contributed by atoms with van der Waals surface area (Å²) in [6.07, 6.45) is 0.307. The van der Waals surface area contributed by atoms with Gasteiger partial charge in [0.15, 0.2) is 0 Å². The molecule has 0 aliphatic heterocycles. The summed E-state index contributed by atoms with van der Waals surface area (Å²) in [6, 6.07) is 7.53. The highest BCUT2D eigenvalue weighted by Crippen LogP contribution is 2.31. The normalized spacial score (nSPS) is 11.0. The number of nitrogens with one attached hydrogen (secondary N) is 3. The van der Waals surface area contributed by atoms with Gasteiger partial charge in [0.25, 0.3) is 17.3 Å². The van der Waals surface area contributed by atoms with E-state index in [4.69, 9.17) is 0 Å². The molecule has 2 aromatic carbocycles. The second-order valence-electron chi connectivity index (χ2n) is 6.73. The summed E-state index contributed by atoms with van der Waals surface area (Å²) in [5.74, 6) is -0.673. The minimum absolute atomic E-state index is 0.123. The van der Waals surface area contributed by atoms with Crippen molar-refractivity contribution in [3.8, 4) is 0 Å². The molecule has 2 rings (SSSR count). The third-order valence-corrected chi connectivity index (χ3v) is 5.93. The standard InChI is InChI=1S/C19H21N5O8S/c1-3-18(25)22-14-6-4-13(5-7-14)19(26)20-8-9-21-33(31,32)15-10-16(23(27)28)12(2)17(11-15)24(29)30/h4-7,10-11,21H,3,8-9H2,1-2H3,(H,20,26)(H,22,25). The first-order valence-corrected chi connectivity index (χ1v) is 11.1. The van der Waals surface area contributed by atoms with Crippen molar-refractivity contribution < 1.29 is 27.9 Å². The van der Waals surface area contributed by atoms with Crippen molar-refractivity contribution in [3.05, 3.63) is 67.8 Å². The van der Waals surface area contributed by atoms with Gasteiger partial charge in [-0.1, -0.05) is 6.92 Å². The molecule has 33 heavy (non-hydrogen) atoms. The van der Waals surface area contributed by atoms with Crippen LogP contribution in [0.5, 0.6) is 0 Å². The van der Waals surface area contributed by atoms with Crippen molar-refractivity contribution in [2.75, 3.05) is 18.4 Å². The molecule has 0 atom stereocenters. The predicted molar refractivity (Wildman–Crippen MR) is 117 cm³/mol. The van der Waals surface area contributed by atoms with Gasteiger partial charge in [-0.3, -0.25) is 29.8 Å². The summed E-state index contributed by atoms with van der Waals surface area (Å²) in [5.41, 5.74) is -0.867. The Kier molecular flexibility index (Phi) is 8.15. The number of nitro benzene ring substituents is 2. The van der Waals surface area contributed by atoms with Crippen LogP contribution in [0, 0.1) is 27.2 Å². The number of hydrogen-bond acceptors (Lipinski definition) is 8. The van der Waals surface area contributed by atoms with E-state index in [0.29, 0.717) is 12.1 Å². The Hall–Kier alpha value is -3.91. The fourth-order valence-corrected chi connectivity index (χ4v) is 3.77. The quantitative estimate of drug-likeness (QED) is 0.261. The van der Waals surface area contributed by atoms with Crippen LogP contribution < -0.4 is 15.4 Å². The fourth-order valence-electron chi connectivity index (χ4n) is 2.69. The van der Waals surface area contributed by atoms with Crippen molar-refractivity contribution in [3.63, 3.8) is 0 Å². The van der Waals surface area contributed by atoms with Crippen LogP contribution in [-0.4, -0.2) is 43.2 Å². The lowest BCUT2D eigenvalue weighted by Gasteiger charge is -2.09. The van der Waals surface area contributed by atoms with Crippen LogP contribution in [0.3, 0.4) is 0 Å². The number of benzene rings is 2. The van der Waals surface area contributed by atoms with Gasteiger partial charge in [0.1, 0.15) is 5.56 Å². The van der Waals surface area contributed by atoms with E-state index in [1.54, 1.807) is 19.1 Å². The summed E-state index contributed by atoms with van der Waals surface area (Å²) >= 11 is 0. The van der Waals surface area contributed by atoms with E-state index >= 15 is 0 Å². The molecule has 0 aliphatic rings. The van der Waals surface area contributed by atoms with Gasteiger partial charge < -0.3 is 10.6 Å². The van der Waals surface area contributed by atoms with Crippen LogP contribution >= 0.6 is 0 Å². The lowest BCUT2D eigenvalue weighted by Crippen LogP contribution is -2.34. The van der Waals surface area contributed by atoms with Crippen molar-refractivity contribution in [2.24, 2.45) is 0 Å². The summed E-state index contributed by atoms with van der Waals surface area (Å²) in [6.45, 7) is 2.46. The summed E-state index contributed by atoms with van der Waals surface area (Å²) < 4.78 is 27.0. The van der Waals surface area contributed by atoms with Crippen molar-refractivity contribution in [2.45, 2.75) is 25.2 Å². The molecule has 14 heteroatoms. The van der Waals surface area contributed by atoms with Crippen molar-refractivity contribution in [1.29, 1.82) is 0 Å². The van der Waals surface area contributed by atoms with Crippen LogP contribution in [0.15, 0.2) is 41.3 Å². The molecule has 176 valence electrons. The van der Waals surface area contributed by atoms with Gasteiger partial charge in [-0.15, -0.1) is 0 Å². The van der Waals surface area contributed by atoms with Gasteiger partial charge in [-0.2, -0.15) is 0 Å². The number of anilines is 1. The minimum atomic E-state index is -4.32. The van der Waals surface area contributed by atoms with E-state index < -0.39 is 42.0 Å². The zero-order valence-electron chi connectivity index (χ0n) is 17.7. The average molecular weight is 479 g/mol. The molecule has 13 nitrogen and oxygen atoms in total. The molecule has 2 aromatic rings. The van der Waals surface area contributed by atoms with E-state index in [9.17, 15) is 38.2 Å². The number of rotatable bonds is 10. The highest BCUT2D eigenvalue weighted by atomic mass is 32.2. The molecule has 0 bridgehead atoms. The molecule has 0 unspecified atom stereocenters. The maximum Gasteiger partial charge on any atom is 0.280 e. The second-order valence-corrected chi connectivity index (χ2v) is 8.50. The zero-order valence-corrected chi connectivity index (χ0v) is 18.5. The van der Waals surface area contributed by atoms with E-state index in [1.165, 1.54) is 12.1 Å². The van der Waals surface area contributed by atoms with Crippen LogP contribution in [-0.2, 0) is 14.8 Å². The van der Waals surface area contributed by atoms with Gasteiger partial charge >= 0.3 is 0 Å². The molecule has 0 fully saturated rings. The first-order valence-electron chi connectivity index (χ1n) is 9.57. The van der Waals surface area contributed by atoms with Gasteiger partial charge in [-0.05, 0) is 31.2 Å². The highest BCUT2D eigenvalue weighted by molar-refractivity contribution is 7.89. The molecule has 0 saturated heterocycles. The topological polar surface area (TPSA) is 191 Å². The number of sulfonamides is 1. The fraction of sp³-hybridized carbons (Fsp3) is 0.263. The number of nitrogens with zero attached hydrogens (tertiary/aromatic N) is 2. The first kappa shape index (κ1) is 25.4. The summed E-state index contributed by atoms with van der Waals surface area (Å²) in [7, 11) is -4.32. The third kappa shape index (κ3) is 6.54. The number of carbonyl (C=O) groups is 2. The third-order valence-electron chi connectivity index (χ3n) is 4.48. The van der Waals surface area contributed by atoms with Gasteiger partial charge in [0.05, 0.1) is 14.7 Å². The van der Waals surface area contributed by atoms with Gasteiger partial charge in [0.2, 0.25) is 15.9 Å². The molecule has 3 N–H and O–H groups in total. The van der Waals surface area contributed by atoms with E-state index in [-0.39, 0.29) is 30.1 Å². The molecular formula is C19H21N5O8S. The summed E-state index contributed by atoms with van der Waals surface area (Å²) in [5, 5.41) is 27.4. The van der Waals surface area contributed by atoms with E-state index in [1.807, 2.05) is 0 Å². The smallest absolute Gasteiger partial charge is 0.280 e. The molecule has 0 aliphatic carbocycles. The summed E-state index contributed by atoms with van der Waals surface area (Å²) in [4.78, 5) is 43.4. The Balaban J connectivity index is 2.01. The predicted octanol–water partition coefficient (Wildman–Crippen LogP) is 1.87. The molecule has 0 saturated carbocycles. The average Bonchev–Trinajstić information content (AvgIpc) is 2.76. The van der Waals surface area contributed by atoms with Gasteiger partial charge in [-0.25, -0.2) is 13.1 Å². The number of amides is 2. The number of hydrogen-bond donors (Lipinski definition) is 3. The Labute approximate surface area is 188 Å². The number of carbonyl (C=O) groups excluding carboxylic acids is 2. The molecular weight excluding hydrogens is 458 g/mol. The van der Waals surface area contributed by atoms with Crippen LogP contribution in [0.2, 0.25) is 0 Å². The van der Waals surface area contributed by atoms with E-state index in [0.717, 1.165) is 19.1 Å². The van der Waals surface area contributed by atoms with Crippen LogP contribution in [0.4, 0.5) is 17.1 Å². The lowest BCUT2D eigenvalue weighted by molar-refractivity contribution is -0.395. The molecule has 0 aromatic heterocycles. The first-order chi connectivity index (χ1) is 15.5. The molecule has 0 radical (unpaired) electrons.